The molecule has 1 heterocycles. The molecule has 0 fully saturated rings. The molecule has 0 saturated carbocycles. The molecule has 5 heteroatoms. The number of carbonyl (C=O) groups excluding carboxylic acids is 1. The summed E-state index contributed by atoms with van der Waals surface area (Å²) in [6, 6.07) is 10.5. The van der Waals surface area contributed by atoms with Gasteiger partial charge in [-0.05, 0) is 48.4 Å². The summed E-state index contributed by atoms with van der Waals surface area (Å²) in [7, 11) is 0. The Morgan fingerprint density at radius 1 is 1.25 bits per heavy atom. The van der Waals surface area contributed by atoms with Crippen molar-refractivity contribution in [1.29, 1.82) is 0 Å². The highest BCUT2D eigenvalue weighted by Gasteiger charge is 2.14. The number of carbonyl (C=O) groups is 1. The van der Waals surface area contributed by atoms with Gasteiger partial charge in [-0.15, -0.1) is 0 Å². The molecule has 4 nitrogen and oxygen atoms in total. The standard InChI is InChI=1S/C15H13BrN2O2/c16-10-1-4-14(19)12(8-10)15(20)18-11-2-3-13-9(7-11)5-6-17-13/h1-4,7-8,17,19H,5-6H2,(H,18,20). The van der Waals surface area contributed by atoms with Crippen molar-refractivity contribution in [3.63, 3.8) is 0 Å². The Morgan fingerprint density at radius 2 is 2.10 bits per heavy atom. The second kappa shape index (κ2) is 5.17. The molecule has 20 heavy (non-hydrogen) atoms. The first-order valence-corrected chi connectivity index (χ1v) is 7.09. The Bertz CT molecular complexity index is 686. The fraction of sp³-hybridized carbons (Fsp3) is 0.133. The van der Waals surface area contributed by atoms with Gasteiger partial charge in [0, 0.05) is 22.4 Å². The Balaban J connectivity index is 1.84. The van der Waals surface area contributed by atoms with E-state index >= 15 is 0 Å². The van der Waals surface area contributed by atoms with Crippen molar-refractivity contribution in [1.82, 2.24) is 0 Å². The van der Waals surface area contributed by atoms with Crippen LogP contribution in [0.4, 0.5) is 11.4 Å². The van der Waals surface area contributed by atoms with Crippen molar-refractivity contribution in [3.8, 4) is 5.75 Å². The van der Waals surface area contributed by atoms with Gasteiger partial charge >= 0.3 is 0 Å². The number of rotatable bonds is 2. The lowest BCUT2D eigenvalue weighted by molar-refractivity contribution is 0.102. The number of benzene rings is 2. The maximum atomic E-state index is 12.2. The zero-order valence-corrected chi connectivity index (χ0v) is 12.2. The van der Waals surface area contributed by atoms with Gasteiger partial charge < -0.3 is 15.7 Å². The van der Waals surface area contributed by atoms with Gasteiger partial charge in [-0.25, -0.2) is 0 Å². The third kappa shape index (κ3) is 2.49. The van der Waals surface area contributed by atoms with E-state index in [0.717, 1.165) is 28.8 Å². The van der Waals surface area contributed by atoms with Gasteiger partial charge in [0.15, 0.2) is 0 Å². The predicted octanol–water partition coefficient (Wildman–Crippen LogP) is 3.38. The number of nitrogens with one attached hydrogen (secondary N) is 2. The van der Waals surface area contributed by atoms with Crippen molar-refractivity contribution in [3.05, 3.63) is 52.0 Å². The van der Waals surface area contributed by atoms with Crippen LogP contribution in [0.1, 0.15) is 15.9 Å². The smallest absolute Gasteiger partial charge is 0.259 e. The van der Waals surface area contributed by atoms with E-state index in [4.69, 9.17) is 0 Å². The number of phenols is 1. The second-order valence-corrected chi connectivity index (χ2v) is 5.58. The molecule has 3 rings (SSSR count). The molecule has 3 N–H and O–H groups in total. The average Bonchev–Trinajstić information content (AvgIpc) is 2.89. The van der Waals surface area contributed by atoms with Crippen LogP contribution in [-0.2, 0) is 6.42 Å². The number of amides is 1. The molecule has 1 aliphatic heterocycles. The molecular weight excluding hydrogens is 320 g/mol. The topological polar surface area (TPSA) is 61.4 Å². The normalized spacial score (nSPS) is 12.7. The Morgan fingerprint density at radius 3 is 2.95 bits per heavy atom. The fourth-order valence-electron chi connectivity index (χ4n) is 2.27. The van der Waals surface area contributed by atoms with Crippen LogP contribution in [0.5, 0.6) is 5.75 Å². The van der Waals surface area contributed by atoms with E-state index in [1.54, 1.807) is 12.1 Å². The molecule has 0 spiro atoms. The Kier molecular flexibility index (Phi) is 3.36. The van der Waals surface area contributed by atoms with Crippen LogP contribution in [-0.4, -0.2) is 17.6 Å². The van der Waals surface area contributed by atoms with E-state index in [0.29, 0.717) is 0 Å². The minimum absolute atomic E-state index is 0.0338. The number of hydrogen-bond acceptors (Lipinski definition) is 3. The highest BCUT2D eigenvalue weighted by atomic mass is 79.9. The first-order valence-electron chi connectivity index (χ1n) is 6.30. The van der Waals surface area contributed by atoms with E-state index in [9.17, 15) is 9.90 Å². The largest absolute Gasteiger partial charge is 0.507 e. The summed E-state index contributed by atoms with van der Waals surface area (Å²) in [5.41, 5.74) is 3.30. The third-order valence-corrected chi connectivity index (χ3v) is 3.77. The zero-order valence-electron chi connectivity index (χ0n) is 10.6. The van der Waals surface area contributed by atoms with E-state index in [-0.39, 0.29) is 17.2 Å². The van der Waals surface area contributed by atoms with Gasteiger partial charge in [0.1, 0.15) is 5.75 Å². The highest BCUT2D eigenvalue weighted by molar-refractivity contribution is 9.10. The maximum absolute atomic E-state index is 12.2. The number of anilines is 2. The lowest BCUT2D eigenvalue weighted by Gasteiger charge is -2.09. The van der Waals surface area contributed by atoms with Crippen LogP contribution in [0.3, 0.4) is 0 Å². The van der Waals surface area contributed by atoms with Crippen molar-refractivity contribution in [2.24, 2.45) is 0 Å². The minimum atomic E-state index is -0.324. The van der Waals surface area contributed by atoms with Crippen molar-refractivity contribution in [2.45, 2.75) is 6.42 Å². The predicted molar refractivity (Wildman–Crippen MR) is 82.4 cm³/mol. The summed E-state index contributed by atoms with van der Waals surface area (Å²) in [6.07, 6.45) is 0.960. The quantitative estimate of drug-likeness (QED) is 0.790. The molecule has 0 aromatic heterocycles. The zero-order chi connectivity index (χ0) is 14.1. The molecule has 0 radical (unpaired) electrons. The summed E-state index contributed by atoms with van der Waals surface area (Å²) < 4.78 is 0.749. The summed E-state index contributed by atoms with van der Waals surface area (Å²) in [5.74, 6) is -0.358. The fourth-order valence-corrected chi connectivity index (χ4v) is 2.63. The van der Waals surface area contributed by atoms with Crippen LogP contribution in [0, 0.1) is 0 Å². The molecule has 1 aliphatic rings. The molecule has 0 atom stereocenters. The number of aromatic hydroxyl groups is 1. The summed E-state index contributed by atoms with van der Waals surface area (Å²) in [5, 5.41) is 15.8. The van der Waals surface area contributed by atoms with Crippen LogP contribution < -0.4 is 10.6 Å². The van der Waals surface area contributed by atoms with Crippen molar-refractivity contribution >= 4 is 33.2 Å². The van der Waals surface area contributed by atoms with Gasteiger partial charge in [0.25, 0.3) is 5.91 Å². The first-order chi connectivity index (χ1) is 9.63. The van der Waals surface area contributed by atoms with Gasteiger partial charge in [-0.1, -0.05) is 15.9 Å². The number of fused-ring (bicyclic) bond motifs is 1. The maximum Gasteiger partial charge on any atom is 0.259 e. The van der Waals surface area contributed by atoms with Crippen molar-refractivity contribution in [2.75, 3.05) is 17.2 Å². The molecule has 0 aliphatic carbocycles. The highest BCUT2D eigenvalue weighted by Crippen LogP contribution is 2.27. The Hall–Kier alpha value is -2.01. The third-order valence-electron chi connectivity index (χ3n) is 3.28. The number of halogens is 1. The van der Waals surface area contributed by atoms with E-state index in [2.05, 4.69) is 26.6 Å². The van der Waals surface area contributed by atoms with E-state index in [1.807, 2.05) is 18.2 Å². The SMILES string of the molecule is O=C(Nc1ccc2c(c1)CCN2)c1cc(Br)ccc1O. The van der Waals surface area contributed by atoms with Gasteiger partial charge in [-0.2, -0.15) is 0 Å². The van der Waals surface area contributed by atoms with Gasteiger partial charge in [0.05, 0.1) is 5.56 Å². The monoisotopic (exact) mass is 332 g/mol. The average molecular weight is 333 g/mol. The molecule has 0 unspecified atom stereocenters. The van der Waals surface area contributed by atoms with Crippen LogP contribution >= 0.6 is 15.9 Å². The van der Waals surface area contributed by atoms with Gasteiger partial charge in [0.2, 0.25) is 0 Å². The van der Waals surface area contributed by atoms with Gasteiger partial charge in [-0.3, -0.25) is 4.79 Å². The van der Waals surface area contributed by atoms with E-state index in [1.165, 1.54) is 11.6 Å². The molecular formula is C15H13BrN2O2. The Labute approximate surface area is 125 Å². The lowest BCUT2D eigenvalue weighted by Crippen LogP contribution is -2.12. The van der Waals surface area contributed by atoms with Crippen molar-refractivity contribution < 1.29 is 9.90 Å². The molecule has 2 aromatic carbocycles. The van der Waals surface area contributed by atoms with Crippen LogP contribution in [0.25, 0.3) is 0 Å². The summed E-state index contributed by atoms with van der Waals surface area (Å²) >= 11 is 3.29. The molecule has 1 amide bonds. The summed E-state index contributed by atoms with van der Waals surface area (Å²) in [4.78, 5) is 12.2. The molecule has 102 valence electrons. The van der Waals surface area contributed by atoms with Crippen LogP contribution in [0.15, 0.2) is 40.9 Å². The first kappa shape index (κ1) is 13.0. The van der Waals surface area contributed by atoms with Crippen LogP contribution in [0.2, 0.25) is 0 Å². The number of hydrogen-bond donors (Lipinski definition) is 3. The molecule has 2 aromatic rings. The van der Waals surface area contributed by atoms with E-state index < -0.39 is 0 Å². The lowest BCUT2D eigenvalue weighted by atomic mass is 10.1. The molecule has 0 bridgehead atoms. The summed E-state index contributed by atoms with van der Waals surface area (Å²) in [6.45, 7) is 0.930. The second-order valence-electron chi connectivity index (χ2n) is 4.66. The molecule has 0 saturated heterocycles. The number of phenolic OH excluding ortho intramolecular Hbond substituents is 1. The minimum Gasteiger partial charge on any atom is -0.507 e.